The first-order valence-corrected chi connectivity index (χ1v) is 9.01. The van der Waals surface area contributed by atoms with Gasteiger partial charge in [-0.3, -0.25) is 9.48 Å². The highest BCUT2D eigenvalue weighted by Gasteiger charge is 2.14. The molecule has 0 spiro atoms. The molecule has 0 amide bonds. The molecule has 1 aromatic carbocycles. The smallest absolute Gasteiger partial charge is 0.344 e. The van der Waals surface area contributed by atoms with Crippen molar-refractivity contribution in [2.24, 2.45) is 5.92 Å². The molecule has 1 aromatic heterocycles. The number of carbonyl (C=O) groups excluding carboxylic acids is 1. The number of nitrogens with zero attached hydrogens (tertiary/aromatic N) is 2. The lowest BCUT2D eigenvalue weighted by Gasteiger charge is -2.10. The van der Waals surface area contributed by atoms with Gasteiger partial charge in [0.05, 0.1) is 5.69 Å². The number of halogens is 1. The van der Waals surface area contributed by atoms with Crippen LogP contribution in [-0.4, -0.2) is 32.7 Å². The molecule has 0 radical (unpaired) electrons. The van der Waals surface area contributed by atoms with Crippen LogP contribution in [0.15, 0.2) is 30.3 Å². The highest BCUT2D eigenvalue weighted by Crippen LogP contribution is 2.23. The molecule has 0 aliphatic carbocycles. The van der Waals surface area contributed by atoms with E-state index in [0.717, 1.165) is 11.3 Å². The van der Waals surface area contributed by atoms with Gasteiger partial charge in [0.1, 0.15) is 10.9 Å². The van der Waals surface area contributed by atoms with Crippen LogP contribution in [0.4, 0.5) is 0 Å². The Bertz CT molecular complexity index is 854. The summed E-state index contributed by atoms with van der Waals surface area (Å²) in [5.74, 6) is -0.452. The second-order valence-electron chi connectivity index (χ2n) is 6.69. The number of benzene rings is 1. The predicted molar refractivity (Wildman–Crippen MR) is 104 cm³/mol. The van der Waals surface area contributed by atoms with Gasteiger partial charge in [-0.15, -0.1) is 0 Å². The molecule has 0 bridgehead atoms. The van der Waals surface area contributed by atoms with Crippen LogP contribution in [0.1, 0.15) is 42.4 Å². The Kier molecular flexibility index (Phi) is 6.80. The summed E-state index contributed by atoms with van der Waals surface area (Å²) in [6.45, 7) is 8.16. The van der Waals surface area contributed by atoms with Crippen molar-refractivity contribution in [1.29, 1.82) is 0 Å². The van der Waals surface area contributed by atoms with Crippen LogP contribution in [0.25, 0.3) is 6.08 Å². The molecular formula is C20H23ClN2O4. The number of ether oxygens (including phenoxy) is 1. The van der Waals surface area contributed by atoms with Gasteiger partial charge in [0.15, 0.2) is 11.9 Å². The highest BCUT2D eigenvalue weighted by atomic mass is 35.5. The van der Waals surface area contributed by atoms with E-state index < -0.39 is 12.1 Å². The normalized spacial score (nSPS) is 12.5. The lowest BCUT2D eigenvalue weighted by molar-refractivity contribution is -0.144. The minimum atomic E-state index is -1.05. The highest BCUT2D eigenvalue weighted by molar-refractivity contribution is 6.31. The number of ketones is 1. The lowest BCUT2D eigenvalue weighted by Crippen LogP contribution is -2.22. The van der Waals surface area contributed by atoms with E-state index in [2.05, 4.69) is 18.9 Å². The number of carbonyl (C=O) groups is 2. The average molecular weight is 391 g/mol. The molecule has 27 heavy (non-hydrogen) atoms. The standard InChI is InChI=1S/C20H23ClN2O4/c1-12(2)11-23-19(21)17(13(3)22-23)9-10-18(24)15-5-7-16(8-6-15)27-14(4)20(25)26/h5-10,12,14H,11H2,1-4H3,(H,25,26)/b10-9+. The molecule has 1 heterocycles. The van der Waals surface area contributed by atoms with E-state index in [-0.39, 0.29) is 5.78 Å². The second kappa shape index (κ2) is 8.86. The van der Waals surface area contributed by atoms with Crippen LogP contribution < -0.4 is 4.74 Å². The van der Waals surface area contributed by atoms with Crippen LogP contribution in [-0.2, 0) is 11.3 Å². The zero-order valence-electron chi connectivity index (χ0n) is 15.8. The maximum Gasteiger partial charge on any atom is 0.344 e. The van der Waals surface area contributed by atoms with Gasteiger partial charge in [-0.25, -0.2) is 4.79 Å². The van der Waals surface area contributed by atoms with Crippen molar-refractivity contribution >= 4 is 29.4 Å². The Morgan fingerprint density at radius 1 is 1.26 bits per heavy atom. The van der Waals surface area contributed by atoms with Crippen LogP contribution in [0.3, 0.4) is 0 Å². The minimum absolute atomic E-state index is 0.195. The summed E-state index contributed by atoms with van der Waals surface area (Å²) in [6, 6.07) is 6.32. The van der Waals surface area contributed by atoms with Gasteiger partial charge in [-0.2, -0.15) is 5.10 Å². The van der Waals surface area contributed by atoms with E-state index in [1.165, 1.54) is 13.0 Å². The zero-order chi connectivity index (χ0) is 20.1. The van der Waals surface area contributed by atoms with E-state index in [1.54, 1.807) is 35.0 Å². The average Bonchev–Trinajstić information content (AvgIpc) is 2.86. The maximum atomic E-state index is 12.4. The predicted octanol–water partition coefficient (Wildman–Crippen LogP) is 4.25. The van der Waals surface area contributed by atoms with Gasteiger partial charge in [0, 0.05) is 17.7 Å². The second-order valence-corrected chi connectivity index (χ2v) is 7.04. The summed E-state index contributed by atoms with van der Waals surface area (Å²) in [7, 11) is 0. The lowest BCUT2D eigenvalue weighted by atomic mass is 10.1. The molecule has 0 fully saturated rings. The Hall–Kier alpha value is -2.60. The van der Waals surface area contributed by atoms with Crippen LogP contribution >= 0.6 is 11.6 Å². The van der Waals surface area contributed by atoms with Gasteiger partial charge in [0.2, 0.25) is 0 Å². The molecule has 1 atom stereocenters. The van der Waals surface area contributed by atoms with Crippen molar-refractivity contribution in [3.8, 4) is 5.75 Å². The number of aromatic nitrogens is 2. The molecule has 0 aliphatic rings. The summed E-state index contributed by atoms with van der Waals surface area (Å²) in [6.07, 6.45) is 2.16. The van der Waals surface area contributed by atoms with Gasteiger partial charge in [0.25, 0.3) is 0 Å². The Morgan fingerprint density at radius 2 is 1.89 bits per heavy atom. The van der Waals surface area contributed by atoms with E-state index in [0.29, 0.717) is 28.9 Å². The summed E-state index contributed by atoms with van der Waals surface area (Å²) in [5.41, 5.74) is 1.95. The molecule has 0 saturated heterocycles. The number of rotatable bonds is 8. The molecule has 2 rings (SSSR count). The SMILES string of the molecule is Cc1nn(CC(C)C)c(Cl)c1/C=C/C(=O)c1ccc(OC(C)C(=O)O)cc1. The number of hydrogen-bond donors (Lipinski definition) is 1. The van der Waals surface area contributed by atoms with Crippen LogP contribution in [0, 0.1) is 12.8 Å². The molecular weight excluding hydrogens is 368 g/mol. The van der Waals surface area contributed by atoms with E-state index in [4.69, 9.17) is 21.4 Å². The van der Waals surface area contributed by atoms with Gasteiger partial charge in [-0.1, -0.05) is 25.4 Å². The first kappa shape index (κ1) is 20.7. The van der Waals surface area contributed by atoms with Crippen molar-refractivity contribution < 1.29 is 19.4 Å². The zero-order valence-corrected chi connectivity index (χ0v) is 16.5. The largest absolute Gasteiger partial charge is 0.479 e. The third kappa shape index (κ3) is 5.44. The number of allylic oxidation sites excluding steroid dienone is 1. The van der Waals surface area contributed by atoms with Gasteiger partial charge >= 0.3 is 5.97 Å². The molecule has 0 aliphatic heterocycles. The number of aryl methyl sites for hydroxylation is 1. The van der Waals surface area contributed by atoms with E-state index >= 15 is 0 Å². The molecule has 2 aromatic rings. The maximum absolute atomic E-state index is 12.4. The Labute approximate surface area is 163 Å². The first-order chi connectivity index (χ1) is 12.7. The number of hydrogen-bond acceptors (Lipinski definition) is 4. The fraction of sp³-hybridized carbons (Fsp3) is 0.350. The van der Waals surface area contributed by atoms with Gasteiger partial charge in [-0.05, 0) is 56.2 Å². The fourth-order valence-electron chi connectivity index (χ4n) is 2.43. The van der Waals surface area contributed by atoms with Gasteiger partial charge < -0.3 is 9.84 Å². The van der Waals surface area contributed by atoms with E-state index in [1.807, 2.05) is 6.92 Å². The van der Waals surface area contributed by atoms with Crippen molar-refractivity contribution in [3.05, 3.63) is 52.3 Å². The molecule has 1 unspecified atom stereocenters. The van der Waals surface area contributed by atoms with Crippen molar-refractivity contribution in [2.45, 2.75) is 40.3 Å². The molecule has 0 saturated carbocycles. The minimum Gasteiger partial charge on any atom is -0.479 e. The molecule has 6 nitrogen and oxygen atoms in total. The Morgan fingerprint density at radius 3 is 2.44 bits per heavy atom. The third-order valence-corrected chi connectivity index (χ3v) is 4.25. The van der Waals surface area contributed by atoms with Crippen molar-refractivity contribution in [2.75, 3.05) is 0 Å². The number of carboxylic acids is 1. The summed E-state index contributed by atoms with van der Waals surface area (Å²) < 4.78 is 6.99. The molecule has 144 valence electrons. The van der Waals surface area contributed by atoms with Crippen LogP contribution in [0.2, 0.25) is 5.15 Å². The topological polar surface area (TPSA) is 81.4 Å². The first-order valence-electron chi connectivity index (χ1n) is 8.64. The Balaban J connectivity index is 2.11. The molecule has 1 N–H and O–H groups in total. The fourth-order valence-corrected chi connectivity index (χ4v) is 2.74. The third-order valence-electron chi connectivity index (χ3n) is 3.85. The van der Waals surface area contributed by atoms with Crippen LogP contribution in [0.5, 0.6) is 5.75 Å². The summed E-state index contributed by atoms with van der Waals surface area (Å²) >= 11 is 6.37. The number of carboxylic acid groups (broad SMARTS) is 1. The van der Waals surface area contributed by atoms with E-state index in [9.17, 15) is 9.59 Å². The van der Waals surface area contributed by atoms with Crippen molar-refractivity contribution in [1.82, 2.24) is 9.78 Å². The quantitative estimate of drug-likeness (QED) is 0.538. The summed E-state index contributed by atoms with van der Waals surface area (Å²) in [4.78, 5) is 23.2. The summed E-state index contributed by atoms with van der Waals surface area (Å²) in [5, 5.41) is 13.8. The van der Waals surface area contributed by atoms with Crippen molar-refractivity contribution in [3.63, 3.8) is 0 Å². The number of aliphatic carboxylic acids is 1. The molecule has 7 heteroatoms. The monoisotopic (exact) mass is 390 g/mol.